The predicted molar refractivity (Wildman–Crippen MR) is 71.0 cm³/mol. The predicted octanol–water partition coefficient (Wildman–Crippen LogP) is 1.86. The van der Waals surface area contributed by atoms with Crippen LogP contribution in [0.3, 0.4) is 0 Å². The van der Waals surface area contributed by atoms with Crippen molar-refractivity contribution < 1.29 is 4.79 Å². The van der Waals surface area contributed by atoms with E-state index in [1.165, 1.54) is 0 Å². The molecule has 0 aliphatic heterocycles. The van der Waals surface area contributed by atoms with Gasteiger partial charge in [0.15, 0.2) is 0 Å². The van der Waals surface area contributed by atoms with Crippen molar-refractivity contribution in [3.05, 3.63) is 18.7 Å². The Bertz CT molecular complexity index is 439. The molecular weight excluding hydrogens is 240 g/mol. The first kappa shape index (κ1) is 13.6. The molecule has 5 nitrogen and oxygen atoms in total. The first-order valence-electron chi connectivity index (χ1n) is 6.92. The topological polar surface area (TPSA) is 70.7 Å². The highest BCUT2D eigenvalue weighted by Gasteiger charge is 2.38. The lowest BCUT2D eigenvalue weighted by Crippen LogP contribution is -2.41. The second-order valence-corrected chi connectivity index (χ2v) is 5.16. The van der Waals surface area contributed by atoms with Crippen LogP contribution < -0.4 is 5.32 Å². The minimum atomic E-state index is -0.800. The molecule has 1 aliphatic carbocycles. The van der Waals surface area contributed by atoms with Crippen LogP contribution in [0.15, 0.2) is 18.7 Å². The third kappa shape index (κ3) is 3.34. The van der Waals surface area contributed by atoms with E-state index in [-0.39, 0.29) is 5.91 Å². The summed E-state index contributed by atoms with van der Waals surface area (Å²) < 4.78 is 1.91. The van der Waals surface area contributed by atoms with E-state index >= 15 is 0 Å². The fourth-order valence-electron chi connectivity index (χ4n) is 2.61. The highest BCUT2D eigenvalue weighted by atomic mass is 16.2. The number of nitrogens with one attached hydrogen (secondary N) is 1. The largest absolute Gasteiger partial charge is 0.353 e. The summed E-state index contributed by atoms with van der Waals surface area (Å²) in [5.74, 6) is -0.1000. The van der Waals surface area contributed by atoms with Gasteiger partial charge in [-0.15, -0.1) is 0 Å². The summed E-state index contributed by atoms with van der Waals surface area (Å²) in [6.07, 6.45) is 10.9. The van der Waals surface area contributed by atoms with Crippen molar-refractivity contribution in [1.82, 2.24) is 14.9 Å². The molecule has 0 spiro atoms. The zero-order valence-corrected chi connectivity index (χ0v) is 11.1. The van der Waals surface area contributed by atoms with Crippen molar-refractivity contribution in [1.29, 1.82) is 5.26 Å². The first-order valence-corrected chi connectivity index (χ1v) is 6.92. The van der Waals surface area contributed by atoms with E-state index in [1.807, 2.05) is 10.8 Å². The summed E-state index contributed by atoms with van der Waals surface area (Å²) in [6.45, 7) is 1.23. The maximum Gasteiger partial charge on any atom is 0.240 e. The van der Waals surface area contributed by atoms with Crippen LogP contribution in [0, 0.1) is 16.7 Å². The van der Waals surface area contributed by atoms with Gasteiger partial charge in [0, 0.05) is 25.5 Å². The van der Waals surface area contributed by atoms with Crippen LogP contribution in [0.1, 0.15) is 38.5 Å². The Morgan fingerprint density at radius 1 is 1.37 bits per heavy atom. The fourth-order valence-corrected chi connectivity index (χ4v) is 2.61. The molecule has 1 N–H and O–H groups in total. The summed E-state index contributed by atoms with van der Waals surface area (Å²) in [4.78, 5) is 16.2. The first-order chi connectivity index (χ1) is 9.27. The maximum absolute atomic E-state index is 12.3. The zero-order chi connectivity index (χ0) is 13.6. The maximum atomic E-state index is 12.3. The van der Waals surface area contributed by atoms with Crippen LogP contribution in [-0.4, -0.2) is 22.0 Å². The summed E-state index contributed by atoms with van der Waals surface area (Å²) in [5, 5.41) is 12.3. The van der Waals surface area contributed by atoms with Gasteiger partial charge in [0.25, 0.3) is 0 Å². The van der Waals surface area contributed by atoms with Gasteiger partial charge in [0.1, 0.15) is 5.41 Å². The molecular formula is C14H20N4O. The number of rotatable bonds is 4. The lowest BCUT2D eigenvalue weighted by Gasteiger charge is -2.23. The Labute approximate surface area is 113 Å². The van der Waals surface area contributed by atoms with E-state index in [1.54, 1.807) is 12.5 Å². The number of imidazole rings is 1. The summed E-state index contributed by atoms with van der Waals surface area (Å²) in [5.41, 5.74) is -0.800. The Kier molecular flexibility index (Phi) is 4.56. The van der Waals surface area contributed by atoms with Crippen molar-refractivity contribution in [3.8, 4) is 6.07 Å². The number of hydrogen-bond acceptors (Lipinski definition) is 3. The van der Waals surface area contributed by atoms with Gasteiger partial charge < -0.3 is 9.88 Å². The van der Waals surface area contributed by atoms with Gasteiger partial charge in [-0.3, -0.25) is 4.79 Å². The number of amides is 1. The normalized spacial score (nSPS) is 18.3. The van der Waals surface area contributed by atoms with Crippen molar-refractivity contribution in [2.45, 2.75) is 45.1 Å². The smallest absolute Gasteiger partial charge is 0.240 e. The van der Waals surface area contributed by atoms with E-state index in [0.717, 1.165) is 25.7 Å². The quantitative estimate of drug-likeness (QED) is 0.840. The number of nitriles is 1. The Morgan fingerprint density at radius 2 is 2.11 bits per heavy atom. The molecule has 2 rings (SSSR count). The lowest BCUT2D eigenvalue weighted by atomic mass is 9.81. The Hall–Kier alpha value is -1.83. The third-order valence-corrected chi connectivity index (χ3v) is 3.82. The molecule has 0 atom stereocenters. The van der Waals surface area contributed by atoms with Gasteiger partial charge in [-0.05, 0) is 12.8 Å². The average Bonchev–Trinajstić information content (AvgIpc) is 2.82. The molecule has 0 saturated heterocycles. The number of carbonyl (C=O) groups is 1. The second kappa shape index (κ2) is 6.37. The molecule has 0 radical (unpaired) electrons. The molecule has 1 heterocycles. The SMILES string of the molecule is N#CC1(C(=O)NCCn2ccnc2)CCCCCC1. The van der Waals surface area contributed by atoms with Crippen LogP contribution >= 0.6 is 0 Å². The molecule has 0 unspecified atom stereocenters. The average molecular weight is 260 g/mol. The van der Waals surface area contributed by atoms with Gasteiger partial charge in [-0.2, -0.15) is 5.26 Å². The Morgan fingerprint density at radius 3 is 2.68 bits per heavy atom. The van der Waals surface area contributed by atoms with E-state index < -0.39 is 5.41 Å². The van der Waals surface area contributed by atoms with Gasteiger partial charge in [0.05, 0.1) is 12.4 Å². The molecule has 5 heteroatoms. The summed E-state index contributed by atoms with van der Waals surface area (Å²) in [7, 11) is 0. The van der Waals surface area contributed by atoms with E-state index in [4.69, 9.17) is 0 Å². The van der Waals surface area contributed by atoms with Crippen LogP contribution in [0.5, 0.6) is 0 Å². The standard InChI is InChI=1S/C14H20N4O/c15-11-14(5-3-1-2-4-6-14)13(19)17-8-10-18-9-7-16-12-18/h7,9,12H,1-6,8,10H2,(H,17,19). The minimum Gasteiger partial charge on any atom is -0.353 e. The zero-order valence-electron chi connectivity index (χ0n) is 11.1. The van der Waals surface area contributed by atoms with E-state index in [0.29, 0.717) is 25.9 Å². The van der Waals surface area contributed by atoms with Gasteiger partial charge in [0.2, 0.25) is 5.91 Å². The van der Waals surface area contributed by atoms with Gasteiger partial charge >= 0.3 is 0 Å². The lowest BCUT2D eigenvalue weighted by molar-refractivity contribution is -0.128. The van der Waals surface area contributed by atoms with Gasteiger partial charge in [-0.1, -0.05) is 25.7 Å². The molecule has 1 aromatic rings. The molecule has 1 aromatic heterocycles. The van der Waals surface area contributed by atoms with Crippen molar-refractivity contribution in [2.75, 3.05) is 6.54 Å². The monoisotopic (exact) mass is 260 g/mol. The van der Waals surface area contributed by atoms with Crippen molar-refractivity contribution in [2.24, 2.45) is 5.41 Å². The molecule has 0 bridgehead atoms. The summed E-state index contributed by atoms with van der Waals surface area (Å²) in [6, 6.07) is 2.27. The Balaban J connectivity index is 1.87. The number of hydrogen-bond donors (Lipinski definition) is 1. The molecule has 1 amide bonds. The van der Waals surface area contributed by atoms with Crippen molar-refractivity contribution >= 4 is 5.91 Å². The third-order valence-electron chi connectivity index (χ3n) is 3.82. The van der Waals surface area contributed by atoms with Crippen LogP contribution in [0.25, 0.3) is 0 Å². The molecule has 1 fully saturated rings. The molecule has 0 aromatic carbocycles. The van der Waals surface area contributed by atoms with Gasteiger partial charge in [-0.25, -0.2) is 4.98 Å². The summed E-state index contributed by atoms with van der Waals surface area (Å²) >= 11 is 0. The second-order valence-electron chi connectivity index (χ2n) is 5.16. The van der Waals surface area contributed by atoms with Crippen LogP contribution in [0.4, 0.5) is 0 Å². The van der Waals surface area contributed by atoms with Crippen molar-refractivity contribution in [3.63, 3.8) is 0 Å². The molecule has 19 heavy (non-hydrogen) atoms. The fraction of sp³-hybridized carbons (Fsp3) is 0.643. The van der Waals surface area contributed by atoms with E-state index in [9.17, 15) is 10.1 Å². The molecule has 102 valence electrons. The molecule has 1 aliphatic rings. The highest BCUT2D eigenvalue weighted by molar-refractivity contribution is 5.85. The molecule has 1 saturated carbocycles. The van der Waals surface area contributed by atoms with Crippen LogP contribution in [0.2, 0.25) is 0 Å². The van der Waals surface area contributed by atoms with E-state index in [2.05, 4.69) is 16.4 Å². The number of carbonyl (C=O) groups excluding carboxylic acids is 1. The minimum absolute atomic E-state index is 0.1000. The van der Waals surface area contributed by atoms with Crippen LogP contribution in [-0.2, 0) is 11.3 Å². The number of nitrogens with zero attached hydrogens (tertiary/aromatic N) is 3. The highest BCUT2D eigenvalue weighted by Crippen LogP contribution is 2.34. The number of aromatic nitrogens is 2.